The molecular formula is C40H52N4O2. The predicted octanol–water partition coefficient (Wildman–Crippen LogP) is 10.4. The third-order valence-electron chi connectivity index (χ3n) is 8.56. The number of aromatic amines is 1. The molecule has 0 unspecified atom stereocenters. The molecule has 1 aromatic heterocycles. The molecule has 4 aromatic rings. The number of aromatic nitrogens is 2. The van der Waals surface area contributed by atoms with Crippen molar-refractivity contribution in [3.63, 3.8) is 0 Å². The van der Waals surface area contributed by atoms with Gasteiger partial charge in [0, 0.05) is 28.7 Å². The molecule has 3 aromatic carbocycles. The second kappa shape index (κ2) is 20.0. The van der Waals surface area contributed by atoms with Gasteiger partial charge in [0.1, 0.15) is 5.82 Å². The summed E-state index contributed by atoms with van der Waals surface area (Å²) in [6.45, 7) is 2.27. The second-order valence-electron chi connectivity index (χ2n) is 12.3. The average Bonchev–Trinajstić information content (AvgIpc) is 3.55. The maximum atomic E-state index is 12.7. The maximum Gasteiger partial charge on any atom is 0.269 e. The molecule has 6 heteroatoms. The number of unbranched alkanes of at least 4 members (excludes halogenated alkanes) is 14. The molecule has 3 N–H and O–H groups in total. The molecule has 46 heavy (non-hydrogen) atoms. The number of carbonyl (C=O) groups is 2. The molecule has 0 bridgehead atoms. The van der Waals surface area contributed by atoms with Crippen molar-refractivity contribution in [2.75, 3.05) is 0 Å². The van der Waals surface area contributed by atoms with Crippen LogP contribution in [0.3, 0.4) is 0 Å². The molecule has 244 valence electrons. The molecule has 0 aliphatic carbocycles. The number of carbonyl (C=O) groups excluding carboxylic acids is 2. The van der Waals surface area contributed by atoms with Gasteiger partial charge in [0.2, 0.25) is 5.91 Å². The number of benzene rings is 3. The van der Waals surface area contributed by atoms with E-state index in [0.29, 0.717) is 12.0 Å². The minimum absolute atomic E-state index is 0.155. The van der Waals surface area contributed by atoms with E-state index in [9.17, 15) is 9.59 Å². The third-order valence-corrected chi connectivity index (χ3v) is 8.56. The van der Waals surface area contributed by atoms with Gasteiger partial charge in [0.05, 0.1) is 11.4 Å². The largest absolute Gasteiger partial charge is 0.337 e. The first-order chi connectivity index (χ1) is 22.7. The number of rotatable bonds is 20. The summed E-state index contributed by atoms with van der Waals surface area (Å²) >= 11 is 0. The number of H-pyrrole nitrogens is 1. The highest BCUT2D eigenvalue weighted by molar-refractivity contribution is 5.95. The Morgan fingerprint density at radius 2 is 1.07 bits per heavy atom. The molecular weight excluding hydrogens is 568 g/mol. The van der Waals surface area contributed by atoms with Gasteiger partial charge in [-0.3, -0.25) is 20.4 Å². The quantitative estimate of drug-likeness (QED) is 0.0678. The summed E-state index contributed by atoms with van der Waals surface area (Å²) in [4.78, 5) is 33.4. The van der Waals surface area contributed by atoms with Crippen LogP contribution >= 0.6 is 0 Å². The highest BCUT2D eigenvalue weighted by atomic mass is 16.2. The van der Waals surface area contributed by atoms with Gasteiger partial charge in [-0.25, -0.2) is 4.98 Å². The first-order valence-corrected chi connectivity index (χ1v) is 17.6. The zero-order valence-corrected chi connectivity index (χ0v) is 27.7. The van der Waals surface area contributed by atoms with E-state index in [0.717, 1.165) is 46.7 Å². The lowest BCUT2D eigenvalue weighted by Crippen LogP contribution is -2.41. The Kier molecular flexibility index (Phi) is 15.1. The van der Waals surface area contributed by atoms with Crippen molar-refractivity contribution < 1.29 is 9.59 Å². The van der Waals surface area contributed by atoms with Crippen LogP contribution in [0.15, 0.2) is 84.9 Å². The van der Waals surface area contributed by atoms with E-state index in [4.69, 9.17) is 4.98 Å². The van der Waals surface area contributed by atoms with E-state index in [1.807, 2.05) is 60.7 Å². The van der Waals surface area contributed by atoms with Crippen molar-refractivity contribution in [3.05, 3.63) is 90.5 Å². The van der Waals surface area contributed by atoms with Gasteiger partial charge >= 0.3 is 0 Å². The van der Waals surface area contributed by atoms with Gasteiger partial charge in [0.15, 0.2) is 0 Å². The number of imidazole rings is 1. The minimum Gasteiger partial charge on any atom is -0.337 e. The SMILES string of the molecule is CCCCCCCCCCCCCCCCCC(=O)NNC(=O)c1ccc(-c2nc(-c3ccccc3)c(-c3ccccc3)[nH]2)cc1. The number of hydrazine groups is 1. The molecule has 0 atom stereocenters. The Morgan fingerprint density at radius 1 is 0.565 bits per heavy atom. The number of nitrogens with zero attached hydrogens (tertiary/aromatic N) is 1. The van der Waals surface area contributed by atoms with Crippen LogP contribution in [0.5, 0.6) is 0 Å². The summed E-state index contributed by atoms with van der Waals surface area (Å²) in [5.74, 6) is 0.226. The summed E-state index contributed by atoms with van der Waals surface area (Å²) < 4.78 is 0. The molecule has 1 heterocycles. The van der Waals surface area contributed by atoms with Crippen molar-refractivity contribution in [1.82, 2.24) is 20.8 Å². The maximum absolute atomic E-state index is 12.7. The van der Waals surface area contributed by atoms with Crippen molar-refractivity contribution >= 4 is 11.8 Å². The van der Waals surface area contributed by atoms with Crippen LogP contribution in [-0.2, 0) is 4.79 Å². The Hall–Kier alpha value is -4.19. The summed E-state index contributed by atoms with van der Waals surface area (Å²) in [5.41, 5.74) is 10.4. The smallest absolute Gasteiger partial charge is 0.269 e. The van der Waals surface area contributed by atoms with Crippen LogP contribution in [0.1, 0.15) is 120 Å². The van der Waals surface area contributed by atoms with Crippen molar-refractivity contribution in [2.45, 2.75) is 110 Å². The molecule has 0 spiro atoms. The molecule has 0 saturated carbocycles. The van der Waals surface area contributed by atoms with E-state index in [1.54, 1.807) is 12.1 Å². The number of hydrogen-bond donors (Lipinski definition) is 3. The Morgan fingerprint density at radius 3 is 1.61 bits per heavy atom. The number of hydrogen-bond acceptors (Lipinski definition) is 3. The van der Waals surface area contributed by atoms with E-state index in [-0.39, 0.29) is 11.8 Å². The first-order valence-electron chi connectivity index (χ1n) is 17.6. The topological polar surface area (TPSA) is 86.9 Å². The summed E-state index contributed by atoms with van der Waals surface area (Å²) in [6.07, 6.45) is 19.8. The molecule has 2 amide bonds. The lowest BCUT2D eigenvalue weighted by Gasteiger charge is -2.08. The van der Waals surface area contributed by atoms with Crippen LogP contribution < -0.4 is 10.9 Å². The number of nitrogens with one attached hydrogen (secondary N) is 3. The summed E-state index contributed by atoms with van der Waals surface area (Å²) in [6, 6.07) is 27.5. The van der Waals surface area contributed by atoms with Crippen LogP contribution in [0.2, 0.25) is 0 Å². The van der Waals surface area contributed by atoms with Gasteiger partial charge in [-0.1, -0.05) is 170 Å². The lowest BCUT2D eigenvalue weighted by molar-refractivity contribution is -0.122. The van der Waals surface area contributed by atoms with Crippen molar-refractivity contribution in [3.8, 4) is 33.9 Å². The lowest BCUT2D eigenvalue weighted by atomic mass is 10.0. The fourth-order valence-electron chi connectivity index (χ4n) is 5.83. The Labute approximate surface area is 275 Å². The fourth-order valence-corrected chi connectivity index (χ4v) is 5.83. The molecule has 0 aliphatic heterocycles. The molecule has 6 nitrogen and oxygen atoms in total. The van der Waals surface area contributed by atoms with Crippen molar-refractivity contribution in [2.24, 2.45) is 0 Å². The fraction of sp³-hybridized carbons (Fsp3) is 0.425. The van der Waals surface area contributed by atoms with E-state index in [1.165, 1.54) is 83.5 Å². The normalized spacial score (nSPS) is 11.0. The summed E-state index contributed by atoms with van der Waals surface area (Å²) in [7, 11) is 0. The Balaban J connectivity index is 1.13. The van der Waals surface area contributed by atoms with Gasteiger partial charge in [-0.15, -0.1) is 0 Å². The highest BCUT2D eigenvalue weighted by Crippen LogP contribution is 2.33. The molecule has 0 fully saturated rings. The number of amides is 2. The first kappa shape index (κ1) is 34.7. The van der Waals surface area contributed by atoms with Gasteiger partial charge in [-0.2, -0.15) is 0 Å². The average molecular weight is 621 g/mol. The van der Waals surface area contributed by atoms with Gasteiger partial charge in [-0.05, 0) is 18.6 Å². The molecule has 4 rings (SSSR count). The van der Waals surface area contributed by atoms with Crippen molar-refractivity contribution in [1.29, 1.82) is 0 Å². The molecule has 0 saturated heterocycles. The minimum atomic E-state index is -0.342. The van der Waals surface area contributed by atoms with Crippen LogP contribution in [0, 0.1) is 0 Å². The van der Waals surface area contributed by atoms with Crippen LogP contribution in [-0.4, -0.2) is 21.8 Å². The van der Waals surface area contributed by atoms with E-state index >= 15 is 0 Å². The second-order valence-corrected chi connectivity index (χ2v) is 12.3. The van der Waals surface area contributed by atoms with Crippen LogP contribution in [0.4, 0.5) is 0 Å². The van der Waals surface area contributed by atoms with Gasteiger partial charge < -0.3 is 4.98 Å². The summed E-state index contributed by atoms with van der Waals surface area (Å²) in [5, 5.41) is 0. The monoisotopic (exact) mass is 620 g/mol. The zero-order valence-electron chi connectivity index (χ0n) is 27.7. The van der Waals surface area contributed by atoms with E-state index < -0.39 is 0 Å². The molecule has 0 radical (unpaired) electrons. The highest BCUT2D eigenvalue weighted by Gasteiger charge is 2.16. The van der Waals surface area contributed by atoms with Gasteiger partial charge in [0.25, 0.3) is 5.91 Å². The molecule has 0 aliphatic rings. The van der Waals surface area contributed by atoms with Crippen LogP contribution in [0.25, 0.3) is 33.9 Å². The Bertz CT molecular complexity index is 1370. The third kappa shape index (κ3) is 11.6. The van der Waals surface area contributed by atoms with E-state index in [2.05, 4.69) is 34.9 Å². The predicted molar refractivity (Wildman–Crippen MR) is 190 cm³/mol. The standard InChI is InChI=1S/C40H52N4O2/c1-2-3-4-5-6-7-8-9-10-11-12-13-14-15-22-27-36(45)43-44-40(46)35-30-28-34(29-31-35)39-41-37(32-23-18-16-19-24-32)38(42-39)33-25-20-17-21-26-33/h16-21,23-26,28-31H,2-15,22,27H2,1H3,(H,41,42)(H,43,45)(H,44,46). The zero-order chi connectivity index (χ0) is 32.2.